The zero-order valence-electron chi connectivity index (χ0n) is 12.3. The second kappa shape index (κ2) is 9.78. The van der Waals surface area contributed by atoms with Crippen LogP contribution in [0.25, 0.3) is 0 Å². The van der Waals surface area contributed by atoms with Crippen LogP contribution in [-0.2, 0) is 16.0 Å². The first-order chi connectivity index (χ1) is 9.60. The lowest BCUT2D eigenvalue weighted by molar-refractivity contribution is -0.118. The maximum absolute atomic E-state index is 11.7. The Morgan fingerprint density at radius 2 is 1.95 bits per heavy atom. The second-order valence-corrected chi connectivity index (χ2v) is 4.19. The summed E-state index contributed by atoms with van der Waals surface area (Å²) in [5, 5.41) is 0. The molecular weight excluding hydrogens is 254 g/mol. The quantitative estimate of drug-likeness (QED) is 0.492. The number of unbranched alkanes of at least 4 members (excludes halogenated alkanes) is 1. The van der Waals surface area contributed by atoms with Crippen molar-refractivity contribution in [2.24, 2.45) is 0 Å². The predicted octanol–water partition coefficient (Wildman–Crippen LogP) is 3.16. The molecule has 0 amide bonds. The lowest BCUT2D eigenvalue weighted by Gasteiger charge is -2.09. The summed E-state index contributed by atoms with van der Waals surface area (Å²) in [6, 6.07) is 5.08. The Bertz CT molecular complexity index is 455. The molecule has 0 atom stereocenters. The van der Waals surface area contributed by atoms with Crippen LogP contribution < -0.4 is 5.73 Å². The molecule has 0 aliphatic carbocycles. The van der Waals surface area contributed by atoms with Crippen molar-refractivity contribution in [3.05, 3.63) is 42.5 Å². The largest absolute Gasteiger partial charge is 0.465 e. The van der Waals surface area contributed by atoms with Crippen molar-refractivity contribution in [1.29, 1.82) is 0 Å². The van der Waals surface area contributed by atoms with E-state index in [0.29, 0.717) is 23.2 Å². The Labute approximate surface area is 120 Å². The summed E-state index contributed by atoms with van der Waals surface area (Å²) in [6.45, 7) is 8.04. The second-order valence-electron chi connectivity index (χ2n) is 4.19. The third-order valence-corrected chi connectivity index (χ3v) is 2.80. The molecule has 4 nitrogen and oxygen atoms in total. The first kappa shape index (κ1) is 17.9. The summed E-state index contributed by atoms with van der Waals surface area (Å²) in [5.74, 6) is -0.332. The van der Waals surface area contributed by atoms with E-state index < -0.39 is 5.97 Å². The molecule has 2 N–H and O–H groups in total. The summed E-state index contributed by atoms with van der Waals surface area (Å²) in [5.41, 5.74) is 7.24. The van der Waals surface area contributed by atoms with E-state index in [2.05, 4.69) is 17.9 Å². The highest BCUT2D eigenvalue weighted by atomic mass is 16.5. The molecule has 1 rings (SSSR count). The fraction of sp³-hybridized carbons (Fsp3) is 0.375. The van der Waals surface area contributed by atoms with Crippen LogP contribution in [0.3, 0.4) is 0 Å². The maximum Gasteiger partial charge on any atom is 0.339 e. The lowest BCUT2D eigenvalue weighted by Crippen LogP contribution is -2.10. The first-order valence-electron chi connectivity index (χ1n) is 6.57. The minimum absolute atomic E-state index is 0.144. The molecule has 20 heavy (non-hydrogen) atoms. The number of carbonyl (C=O) groups excluding carboxylic acids is 2. The molecule has 0 saturated heterocycles. The molecule has 0 unspecified atom stereocenters. The zero-order valence-corrected chi connectivity index (χ0v) is 12.3. The maximum atomic E-state index is 11.7. The van der Waals surface area contributed by atoms with Gasteiger partial charge in [0.2, 0.25) is 0 Å². The molecule has 0 spiro atoms. The van der Waals surface area contributed by atoms with E-state index in [1.165, 1.54) is 7.11 Å². The van der Waals surface area contributed by atoms with Crippen molar-refractivity contribution in [3.8, 4) is 0 Å². The van der Waals surface area contributed by atoms with Gasteiger partial charge in [-0.15, -0.1) is 13.2 Å². The number of para-hydroxylation sites is 1. The molecule has 1 aromatic carbocycles. The van der Waals surface area contributed by atoms with Gasteiger partial charge >= 0.3 is 5.97 Å². The van der Waals surface area contributed by atoms with Crippen molar-refractivity contribution >= 4 is 17.4 Å². The van der Waals surface area contributed by atoms with Gasteiger partial charge in [-0.2, -0.15) is 0 Å². The van der Waals surface area contributed by atoms with Crippen LogP contribution in [0.15, 0.2) is 31.4 Å². The van der Waals surface area contributed by atoms with Gasteiger partial charge in [-0.1, -0.05) is 25.5 Å². The van der Waals surface area contributed by atoms with E-state index in [-0.39, 0.29) is 12.2 Å². The minimum atomic E-state index is -0.477. The van der Waals surface area contributed by atoms with Gasteiger partial charge in [-0.05, 0) is 18.1 Å². The normalized spacial score (nSPS) is 9.30. The van der Waals surface area contributed by atoms with Crippen LogP contribution >= 0.6 is 0 Å². The number of rotatable bonds is 6. The molecule has 0 aliphatic rings. The van der Waals surface area contributed by atoms with Crippen LogP contribution in [0.2, 0.25) is 0 Å². The summed E-state index contributed by atoms with van der Waals surface area (Å²) in [6.07, 6.45) is 2.70. The zero-order chi connectivity index (χ0) is 15.5. The molecule has 0 radical (unpaired) electrons. The number of benzene rings is 1. The van der Waals surface area contributed by atoms with Crippen LogP contribution in [0.4, 0.5) is 5.69 Å². The number of hydrogen-bond donors (Lipinski definition) is 1. The van der Waals surface area contributed by atoms with Gasteiger partial charge in [-0.3, -0.25) is 4.79 Å². The van der Waals surface area contributed by atoms with E-state index in [1.54, 1.807) is 18.2 Å². The molecule has 0 fully saturated rings. The van der Waals surface area contributed by atoms with Crippen molar-refractivity contribution in [2.45, 2.75) is 32.6 Å². The number of nitrogens with two attached hydrogens (primary N) is 1. The van der Waals surface area contributed by atoms with Crippen LogP contribution in [0.1, 0.15) is 42.1 Å². The minimum Gasteiger partial charge on any atom is -0.465 e. The summed E-state index contributed by atoms with van der Waals surface area (Å²) in [7, 11) is 1.31. The number of methoxy groups -OCH3 is 1. The average Bonchev–Trinajstić information content (AvgIpc) is 2.48. The van der Waals surface area contributed by atoms with Crippen molar-refractivity contribution < 1.29 is 14.3 Å². The number of ketones is 1. The molecule has 0 aliphatic heterocycles. The van der Waals surface area contributed by atoms with Gasteiger partial charge in [-0.25, -0.2) is 4.79 Å². The number of Topliss-reactive ketones (excluding diaryl/α,β-unsaturated/α-hetero) is 1. The number of esters is 1. The fourth-order valence-corrected chi connectivity index (χ4v) is 1.73. The molecule has 0 aromatic heterocycles. The topological polar surface area (TPSA) is 69.4 Å². The molecule has 0 heterocycles. The molecule has 1 aromatic rings. The van der Waals surface area contributed by atoms with E-state index >= 15 is 0 Å². The smallest absolute Gasteiger partial charge is 0.339 e. The summed E-state index contributed by atoms with van der Waals surface area (Å²) < 4.78 is 4.64. The highest BCUT2D eigenvalue weighted by Gasteiger charge is 2.14. The Morgan fingerprint density at radius 3 is 2.50 bits per heavy atom. The molecule has 110 valence electrons. The third kappa shape index (κ3) is 5.26. The van der Waals surface area contributed by atoms with Crippen molar-refractivity contribution in [1.82, 2.24) is 0 Å². The molecule has 4 heteroatoms. The number of ether oxygens (including phenoxy) is 1. The van der Waals surface area contributed by atoms with Crippen LogP contribution in [0, 0.1) is 0 Å². The number of carbonyl (C=O) groups is 2. The van der Waals surface area contributed by atoms with Gasteiger partial charge in [0.05, 0.1) is 12.7 Å². The standard InChI is InChI=1S/C14H19NO3.C2H4/c1-3-4-7-11(16)9-10-6-5-8-12(13(10)15)14(17)18-2;1-2/h5-6,8H,3-4,7,9,15H2,1-2H3;1-2H2. The highest BCUT2D eigenvalue weighted by molar-refractivity contribution is 5.96. The van der Waals surface area contributed by atoms with Crippen molar-refractivity contribution in [3.63, 3.8) is 0 Å². The first-order valence-corrected chi connectivity index (χ1v) is 6.57. The third-order valence-electron chi connectivity index (χ3n) is 2.80. The van der Waals surface area contributed by atoms with Gasteiger partial charge in [0.1, 0.15) is 5.78 Å². The van der Waals surface area contributed by atoms with Gasteiger partial charge in [0.25, 0.3) is 0 Å². The molecule has 0 saturated carbocycles. The Hall–Kier alpha value is -2.10. The van der Waals surface area contributed by atoms with Crippen LogP contribution in [-0.4, -0.2) is 18.9 Å². The van der Waals surface area contributed by atoms with Crippen LogP contribution in [0.5, 0.6) is 0 Å². The highest BCUT2D eigenvalue weighted by Crippen LogP contribution is 2.19. The van der Waals surface area contributed by atoms with Gasteiger partial charge < -0.3 is 10.5 Å². The Morgan fingerprint density at radius 1 is 1.30 bits per heavy atom. The Balaban J connectivity index is 0.00000172. The monoisotopic (exact) mass is 277 g/mol. The fourth-order valence-electron chi connectivity index (χ4n) is 1.73. The average molecular weight is 277 g/mol. The van der Waals surface area contributed by atoms with E-state index in [9.17, 15) is 9.59 Å². The number of nitrogen functional groups attached to an aromatic ring is 1. The van der Waals surface area contributed by atoms with E-state index in [1.807, 2.05) is 6.92 Å². The Kier molecular flexibility index (Phi) is 8.75. The van der Waals surface area contributed by atoms with Gasteiger partial charge in [0, 0.05) is 18.5 Å². The van der Waals surface area contributed by atoms with Gasteiger partial charge in [0.15, 0.2) is 0 Å². The number of anilines is 1. The predicted molar refractivity (Wildman–Crippen MR) is 81.7 cm³/mol. The summed E-state index contributed by atoms with van der Waals surface area (Å²) in [4.78, 5) is 23.2. The van der Waals surface area contributed by atoms with E-state index in [4.69, 9.17) is 5.73 Å². The summed E-state index contributed by atoms with van der Waals surface area (Å²) >= 11 is 0. The molecular formula is C16H23NO3. The number of hydrogen-bond acceptors (Lipinski definition) is 4. The SMILES string of the molecule is C=C.CCCCC(=O)Cc1cccc(C(=O)OC)c1N. The van der Waals surface area contributed by atoms with Crippen molar-refractivity contribution in [2.75, 3.05) is 12.8 Å². The lowest BCUT2D eigenvalue weighted by atomic mass is 10.0. The van der Waals surface area contributed by atoms with E-state index in [0.717, 1.165) is 12.8 Å². The molecule has 0 bridgehead atoms.